The minimum Gasteiger partial charge on any atom is -0.494 e. The monoisotopic (exact) mass is 350 g/mol. The van der Waals surface area contributed by atoms with Crippen LogP contribution in [0, 0.1) is 11.7 Å². The summed E-state index contributed by atoms with van der Waals surface area (Å²) in [5.74, 6) is 0.634. The Balaban J connectivity index is 1.61. The molecule has 2 atom stereocenters. The maximum atomic E-state index is 13.9. The molecule has 2 aliphatic rings. The van der Waals surface area contributed by atoms with Gasteiger partial charge >= 0.3 is 0 Å². The number of ether oxygens (including phenoxy) is 1. The van der Waals surface area contributed by atoms with Crippen LogP contribution >= 0.6 is 0 Å². The molecule has 1 N–H and O–H groups in total. The molecule has 0 bridgehead atoms. The zero-order chi connectivity index (χ0) is 17.8. The van der Waals surface area contributed by atoms with Gasteiger partial charge in [-0.3, -0.25) is 9.69 Å². The summed E-state index contributed by atoms with van der Waals surface area (Å²) in [7, 11) is 1.47. The molecule has 2 heterocycles. The summed E-state index contributed by atoms with van der Waals surface area (Å²) in [5.41, 5.74) is 0.945. The van der Waals surface area contributed by atoms with Crippen molar-refractivity contribution in [2.45, 2.75) is 38.3 Å². The fourth-order valence-electron chi connectivity index (χ4n) is 4.17. The Labute approximate surface area is 148 Å². The molecule has 2 fully saturated rings. The van der Waals surface area contributed by atoms with Crippen LogP contribution in [0.3, 0.4) is 0 Å². The van der Waals surface area contributed by atoms with E-state index in [0.717, 1.165) is 31.5 Å². The van der Waals surface area contributed by atoms with E-state index in [1.54, 1.807) is 12.1 Å². The number of carbonyl (C=O) groups is 1. The fourth-order valence-corrected chi connectivity index (χ4v) is 4.17. The van der Waals surface area contributed by atoms with Crippen molar-refractivity contribution in [2.75, 3.05) is 33.4 Å². The molecular weight excluding hydrogens is 323 g/mol. The van der Waals surface area contributed by atoms with Gasteiger partial charge in [-0.05, 0) is 42.9 Å². The summed E-state index contributed by atoms with van der Waals surface area (Å²) in [5, 5.41) is 9.06. The molecule has 0 radical (unpaired) electrons. The van der Waals surface area contributed by atoms with Crippen molar-refractivity contribution in [1.29, 1.82) is 0 Å². The molecule has 138 valence electrons. The molecule has 6 heteroatoms. The van der Waals surface area contributed by atoms with E-state index in [4.69, 9.17) is 9.84 Å². The van der Waals surface area contributed by atoms with Gasteiger partial charge in [0.05, 0.1) is 7.11 Å². The Morgan fingerprint density at radius 2 is 2.20 bits per heavy atom. The van der Waals surface area contributed by atoms with Gasteiger partial charge < -0.3 is 14.7 Å². The van der Waals surface area contributed by atoms with Gasteiger partial charge in [-0.2, -0.15) is 0 Å². The maximum Gasteiger partial charge on any atom is 0.222 e. The van der Waals surface area contributed by atoms with Crippen LogP contribution < -0.4 is 4.74 Å². The minimum absolute atomic E-state index is 0.121. The van der Waals surface area contributed by atoms with Crippen LogP contribution in [0.2, 0.25) is 0 Å². The van der Waals surface area contributed by atoms with Crippen molar-refractivity contribution in [2.24, 2.45) is 5.92 Å². The molecule has 1 aromatic rings. The Morgan fingerprint density at radius 1 is 1.36 bits per heavy atom. The van der Waals surface area contributed by atoms with Crippen molar-refractivity contribution >= 4 is 5.91 Å². The summed E-state index contributed by atoms with van der Waals surface area (Å²) in [6.45, 7) is 3.32. The number of aliphatic hydroxyl groups is 1. The van der Waals surface area contributed by atoms with E-state index in [9.17, 15) is 9.18 Å². The van der Waals surface area contributed by atoms with Gasteiger partial charge in [-0.25, -0.2) is 4.39 Å². The predicted octanol–water partition coefficient (Wildman–Crippen LogP) is 2.03. The number of piperidine rings is 2. The normalized spacial score (nSPS) is 24.3. The average Bonchev–Trinajstić information content (AvgIpc) is 2.61. The lowest BCUT2D eigenvalue weighted by atomic mass is 9.83. The summed E-state index contributed by atoms with van der Waals surface area (Å²) >= 11 is 0. The second kappa shape index (κ2) is 8.15. The van der Waals surface area contributed by atoms with Crippen molar-refractivity contribution in [3.8, 4) is 5.75 Å². The standard InChI is InChI=1S/C19H27FN2O3/c1-25-18-5-3-14(11-16(18)20)12-21-9-7-17-15(13-21)4-6-19(24)22(17)8-2-10-23/h3,5,11,15,17,23H,2,4,6-10,12-13H2,1H3/t15-,17+/m0/s1. The smallest absolute Gasteiger partial charge is 0.222 e. The van der Waals surface area contributed by atoms with E-state index in [0.29, 0.717) is 31.8 Å². The number of halogens is 1. The molecule has 0 spiro atoms. The first-order valence-corrected chi connectivity index (χ1v) is 9.07. The van der Waals surface area contributed by atoms with E-state index in [1.807, 2.05) is 11.0 Å². The van der Waals surface area contributed by atoms with Crippen LogP contribution in [0.5, 0.6) is 5.75 Å². The van der Waals surface area contributed by atoms with Gasteiger partial charge in [-0.1, -0.05) is 6.07 Å². The summed E-state index contributed by atoms with van der Waals surface area (Å²) in [6, 6.07) is 5.42. The SMILES string of the molecule is COc1ccc(CN2CC[C@@H]3[C@@H](CCC(=O)N3CCCO)C2)cc1F. The van der Waals surface area contributed by atoms with Gasteiger partial charge in [0.25, 0.3) is 0 Å². The molecule has 0 aliphatic carbocycles. The number of amides is 1. The highest BCUT2D eigenvalue weighted by Gasteiger charge is 2.38. The lowest BCUT2D eigenvalue weighted by molar-refractivity contribution is -0.141. The van der Waals surface area contributed by atoms with E-state index in [-0.39, 0.29) is 30.1 Å². The highest BCUT2D eigenvalue weighted by molar-refractivity contribution is 5.77. The van der Waals surface area contributed by atoms with Gasteiger partial charge in [0, 0.05) is 45.2 Å². The highest BCUT2D eigenvalue weighted by atomic mass is 19.1. The zero-order valence-corrected chi connectivity index (χ0v) is 14.8. The molecule has 2 aliphatic heterocycles. The fraction of sp³-hybridized carbons (Fsp3) is 0.632. The first kappa shape index (κ1) is 18.1. The Kier molecular flexibility index (Phi) is 5.91. The largest absolute Gasteiger partial charge is 0.494 e. The van der Waals surface area contributed by atoms with Gasteiger partial charge in [0.15, 0.2) is 11.6 Å². The molecule has 0 saturated carbocycles. The van der Waals surface area contributed by atoms with Gasteiger partial charge in [-0.15, -0.1) is 0 Å². The van der Waals surface area contributed by atoms with Crippen molar-refractivity contribution in [1.82, 2.24) is 9.80 Å². The lowest BCUT2D eigenvalue weighted by Crippen LogP contribution is -2.56. The molecule has 0 aromatic heterocycles. The third-order valence-electron chi connectivity index (χ3n) is 5.41. The molecule has 25 heavy (non-hydrogen) atoms. The zero-order valence-electron chi connectivity index (χ0n) is 14.8. The van der Waals surface area contributed by atoms with Crippen LogP contribution in [-0.4, -0.2) is 60.2 Å². The van der Waals surface area contributed by atoms with E-state index in [1.165, 1.54) is 7.11 Å². The Bertz CT molecular complexity index is 610. The highest BCUT2D eigenvalue weighted by Crippen LogP contribution is 2.32. The van der Waals surface area contributed by atoms with E-state index < -0.39 is 0 Å². The number of rotatable bonds is 6. The number of methoxy groups -OCH3 is 1. The first-order valence-electron chi connectivity index (χ1n) is 9.07. The quantitative estimate of drug-likeness (QED) is 0.853. The van der Waals surface area contributed by atoms with Crippen molar-refractivity contribution in [3.05, 3.63) is 29.6 Å². The minimum atomic E-state index is -0.326. The van der Waals surface area contributed by atoms with Crippen molar-refractivity contribution < 1.29 is 19.0 Å². The number of fused-ring (bicyclic) bond motifs is 1. The number of likely N-dealkylation sites (tertiary alicyclic amines) is 2. The van der Waals surface area contributed by atoms with E-state index in [2.05, 4.69) is 4.90 Å². The molecule has 2 saturated heterocycles. The van der Waals surface area contributed by atoms with Crippen LogP contribution in [0.1, 0.15) is 31.2 Å². The molecule has 3 rings (SSSR count). The van der Waals surface area contributed by atoms with Crippen molar-refractivity contribution in [3.63, 3.8) is 0 Å². The summed E-state index contributed by atoms with van der Waals surface area (Å²) in [4.78, 5) is 16.5. The number of nitrogens with zero attached hydrogens (tertiary/aromatic N) is 2. The van der Waals surface area contributed by atoms with Crippen LogP contribution in [0.4, 0.5) is 4.39 Å². The molecule has 5 nitrogen and oxygen atoms in total. The van der Waals surface area contributed by atoms with E-state index >= 15 is 0 Å². The maximum absolute atomic E-state index is 13.9. The van der Waals surface area contributed by atoms with Crippen LogP contribution in [0.25, 0.3) is 0 Å². The summed E-state index contributed by atoms with van der Waals surface area (Å²) < 4.78 is 18.8. The second-order valence-electron chi connectivity index (χ2n) is 7.02. The molecule has 1 aromatic carbocycles. The third kappa shape index (κ3) is 4.12. The number of hydrogen-bond acceptors (Lipinski definition) is 4. The van der Waals surface area contributed by atoms with Gasteiger partial charge in [0.2, 0.25) is 5.91 Å². The lowest BCUT2D eigenvalue weighted by Gasteiger charge is -2.47. The molecular formula is C19H27FN2O3. The second-order valence-corrected chi connectivity index (χ2v) is 7.02. The van der Waals surface area contributed by atoms with Crippen LogP contribution in [0.15, 0.2) is 18.2 Å². The topological polar surface area (TPSA) is 53.0 Å². The number of carbonyl (C=O) groups excluding carboxylic acids is 1. The first-order chi connectivity index (χ1) is 12.1. The molecule has 1 amide bonds. The Morgan fingerprint density at radius 3 is 2.92 bits per heavy atom. The third-order valence-corrected chi connectivity index (χ3v) is 5.41. The Hall–Kier alpha value is -1.66. The average molecular weight is 350 g/mol. The molecule has 0 unspecified atom stereocenters. The predicted molar refractivity (Wildman–Crippen MR) is 92.8 cm³/mol. The van der Waals surface area contributed by atoms with Gasteiger partial charge in [0.1, 0.15) is 0 Å². The number of benzene rings is 1. The van der Waals surface area contributed by atoms with Crippen LogP contribution in [-0.2, 0) is 11.3 Å². The number of aliphatic hydroxyl groups excluding tert-OH is 1. The summed E-state index contributed by atoms with van der Waals surface area (Å²) in [6.07, 6.45) is 3.11. The number of hydrogen-bond donors (Lipinski definition) is 1.